The summed E-state index contributed by atoms with van der Waals surface area (Å²) in [7, 11) is -1.45. The first-order valence-electron chi connectivity index (χ1n) is 7.44. The Hall–Kier alpha value is -0.130. The third-order valence-corrected chi connectivity index (χ3v) is 4.37. The van der Waals surface area contributed by atoms with Gasteiger partial charge >= 0.3 is 0 Å². The average Bonchev–Trinajstić information content (AvgIpc) is 2.10. The van der Waals surface area contributed by atoms with Gasteiger partial charge in [-0.25, -0.2) is 8.42 Å². The zero-order chi connectivity index (χ0) is 17.7. The van der Waals surface area contributed by atoms with Gasteiger partial charge in [-0.1, -0.05) is 20.8 Å². The van der Waals surface area contributed by atoms with Crippen LogP contribution in [0.5, 0.6) is 0 Å². The molecule has 4 nitrogen and oxygen atoms in total. The summed E-state index contributed by atoms with van der Waals surface area (Å²) < 4.78 is 28.8. The van der Waals surface area contributed by atoms with Gasteiger partial charge in [0.1, 0.15) is 0 Å². The van der Waals surface area contributed by atoms with Crippen LogP contribution in [0.15, 0.2) is 0 Å². The molecule has 0 aromatic carbocycles. The Bertz CT molecular complexity index is 367. The summed E-state index contributed by atoms with van der Waals surface area (Å²) in [6, 6.07) is 0. The van der Waals surface area contributed by atoms with Crippen molar-refractivity contribution in [3.8, 4) is 0 Å². The molecule has 0 atom stereocenters. The van der Waals surface area contributed by atoms with Crippen LogP contribution in [0.4, 0.5) is 0 Å². The fourth-order valence-corrected chi connectivity index (χ4v) is 2.16. The Morgan fingerprint density at radius 3 is 1.43 bits per heavy atom. The maximum atomic E-state index is 10.9. The summed E-state index contributed by atoms with van der Waals surface area (Å²) in [6.07, 6.45) is 2.34. The fraction of sp³-hybridized carbons (Fsp3) is 1.00. The van der Waals surface area contributed by atoms with Crippen molar-refractivity contribution in [1.29, 1.82) is 0 Å². The van der Waals surface area contributed by atoms with E-state index in [4.69, 9.17) is 4.74 Å². The molecule has 0 aromatic heterocycles. The summed E-state index contributed by atoms with van der Waals surface area (Å²) >= 11 is 0. The zero-order valence-corrected chi connectivity index (χ0v) is 16.8. The van der Waals surface area contributed by atoms with Gasteiger partial charge in [0.25, 0.3) is 0 Å². The molecule has 0 spiro atoms. The van der Waals surface area contributed by atoms with Crippen molar-refractivity contribution in [2.45, 2.75) is 79.9 Å². The van der Waals surface area contributed by atoms with Crippen LogP contribution >= 0.6 is 0 Å². The van der Waals surface area contributed by atoms with Crippen molar-refractivity contribution >= 4 is 10.0 Å². The highest BCUT2D eigenvalue weighted by atomic mass is 32.2. The minimum atomic E-state index is -3.03. The Morgan fingerprint density at radius 1 is 0.905 bits per heavy atom. The van der Waals surface area contributed by atoms with E-state index in [2.05, 4.69) is 41.5 Å². The normalized spacial score (nSPS) is 13.9. The molecule has 0 fully saturated rings. The molecule has 0 unspecified atom stereocenters. The summed E-state index contributed by atoms with van der Waals surface area (Å²) in [6.45, 7) is 19.4. The number of nitrogens with zero attached hydrogens (tertiary/aromatic N) is 1. The number of ether oxygens (including phenoxy) is 1. The Morgan fingerprint density at radius 2 is 1.29 bits per heavy atom. The quantitative estimate of drug-likeness (QED) is 0.791. The van der Waals surface area contributed by atoms with Crippen LogP contribution < -0.4 is 0 Å². The second kappa shape index (κ2) is 7.93. The Kier molecular flexibility index (Phi) is 8.74. The van der Waals surface area contributed by atoms with E-state index in [-0.39, 0.29) is 11.1 Å². The highest BCUT2D eigenvalue weighted by Gasteiger charge is 2.24. The van der Waals surface area contributed by atoms with Crippen molar-refractivity contribution in [1.82, 2.24) is 4.31 Å². The molecule has 0 heterocycles. The monoisotopic (exact) mass is 323 g/mol. The molecule has 0 saturated carbocycles. The van der Waals surface area contributed by atoms with Gasteiger partial charge in [0, 0.05) is 19.2 Å². The zero-order valence-electron chi connectivity index (χ0n) is 16.0. The molecular formula is C16H37NO3S. The van der Waals surface area contributed by atoms with Gasteiger partial charge in [0.2, 0.25) is 10.0 Å². The number of rotatable bonds is 3. The van der Waals surface area contributed by atoms with Gasteiger partial charge < -0.3 is 4.74 Å². The van der Waals surface area contributed by atoms with Crippen LogP contribution in [0.3, 0.4) is 0 Å². The van der Waals surface area contributed by atoms with E-state index in [0.29, 0.717) is 5.41 Å². The highest BCUT2D eigenvalue weighted by Crippen LogP contribution is 2.19. The third kappa shape index (κ3) is 16.1. The van der Waals surface area contributed by atoms with Crippen LogP contribution in [0.1, 0.15) is 68.7 Å². The molecule has 21 heavy (non-hydrogen) atoms. The van der Waals surface area contributed by atoms with Crippen LogP contribution in [0, 0.1) is 5.41 Å². The molecular weight excluding hydrogens is 286 g/mol. The average molecular weight is 324 g/mol. The molecule has 5 heteroatoms. The largest absolute Gasteiger partial charge is 0.376 e. The summed E-state index contributed by atoms with van der Waals surface area (Å²) in [5.74, 6) is 0. The summed E-state index contributed by atoms with van der Waals surface area (Å²) in [5, 5.41) is 0. The minimum absolute atomic E-state index is 0.0191. The number of sulfonamides is 1. The van der Waals surface area contributed by atoms with Gasteiger partial charge in [-0.2, -0.15) is 4.31 Å². The molecule has 0 aliphatic heterocycles. The predicted octanol–water partition coefficient (Wildman–Crippen LogP) is 3.91. The fourth-order valence-electron chi connectivity index (χ4n) is 1.16. The topological polar surface area (TPSA) is 46.6 Å². The van der Waals surface area contributed by atoms with Crippen LogP contribution in [-0.2, 0) is 14.8 Å². The van der Waals surface area contributed by atoms with Gasteiger partial charge in [0.15, 0.2) is 0 Å². The molecule has 0 aliphatic rings. The maximum absolute atomic E-state index is 10.9. The van der Waals surface area contributed by atoms with Crippen molar-refractivity contribution in [3.63, 3.8) is 0 Å². The van der Waals surface area contributed by atoms with E-state index >= 15 is 0 Å². The lowest BCUT2D eigenvalue weighted by Gasteiger charge is -2.29. The standard InChI is InChI=1S/C10H22O.C6H15NO2S/c1-9(2,3)7-8-11-10(4,5)6;1-6(2,3)7(4)10(5,8)9/h7-8H2,1-6H3;1-5H3. The second-order valence-corrected chi connectivity index (χ2v) is 10.7. The molecule has 0 bridgehead atoms. The smallest absolute Gasteiger partial charge is 0.211 e. The van der Waals surface area contributed by atoms with E-state index in [1.165, 1.54) is 10.6 Å². The third-order valence-electron chi connectivity index (χ3n) is 2.83. The molecule has 0 amide bonds. The summed E-state index contributed by atoms with van der Waals surface area (Å²) in [4.78, 5) is 0. The minimum Gasteiger partial charge on any atom is -0.376 e. The first kappa shape index (κ1) is 23.1. The number of hydrogen-bond acceptors (Lipinski definition) is 3. The van der Waals surface area contributed by atoms with E-state index in [1.54, 1.807) is 7.05 Å². The maximum Gasteiger partial charge on any atom is 0.211 e. The lowest BCUT2D eigenvalue weighted by Crippen LogP contribution is -2.41. The first-order chi connectivity index (χ1) is 8.86. The molecule has 0 aliphatic carbocycles. The lowest BCUT2D eigenvalue weighted by atomic mass is 9.93. The molecule has 130 valence electrons. The molecule has 0 radical (unpaired) electrons. The van der Waals surface area contributed by atoms with Gasteiger partial charge in [-0.15, -0.1) is 0 Å². The van der Waals surface area contributed by atoms with Crippen LogP contribution in [-0.4, -0.2) is 43.8 Å². The van der Waals surface area contributed by atoms with Crippen molar-refractivity contribution in [2.75, 3.05) is 19.9 Å². The lowest BCUT2D eigenvalue weighted by molar-refractivity contribution is -0.0139. The molecule has 0 N–H and O–H groups in total. The van der Waals surface area contributed by atoms with Gasteiger partial charge in [-0.05, 0) is 53.4 Å². The first-order valence-corrected chi connectivity index (χ1v) is 9.29. The van der Waals surface area contributed by atoms with Crippen molar-refractivity contribution in [3.05, 3.63) is 0 Å². The number of hydrogen-bond donors (Lipinski definition) is 0. The van der Waals surface area contributed by atoms with E-state index in [0.717, 1.165) is 13.0 Å². The summed E-state index contributed by atoms with van der Waals surface area (Å²) in [5.41, 5.74) is 0.101. The molecule has 0 rings (SSSR count). The van der Waals surface area contributed by atoms with Crippen LogP contribution in [0.2, 0.25) is 0 Å². The van der Waals surface area contributed by atoms with Gasteiger partial charge in [0.05, 0.1) is 11.9 Å². The predicted molar refractivity (Wildman–Crippen MR) is 92.1 cm³/mol. The van der Waals surface area contributed by atoms with E-state index in [1.807, 2.05) is 20.8 Å². The van der Waals surface area contributed by atoms with Crippen molar-refractivity contribution < 1.29 is 13.2 Å². The SMILES string of the molecule is CC(C)(C)CCOC(C)(C)C.CN(C(C)(C)C)S(C)(=O)=O. The second-order valence-electron chi connectivity index (χ2n) is 8.67. The molecule has 0 saturated heterocycles. The Labute approximate surface area is 133 Å². The van der Waals surface area contributed by atoms with E-state index < -0.39 is 10.0 Å². The van der Waals surface area contributed by atoms with E-state index in [9.17, 15) is 8.42 Å². The van der Waals surface area contributed by atoms with Crippen LogP contribution in [0.25, 0.3) is 0 Å². The Balaban J connectivity index is 0. The highest BCUT2D eigenvalue weighted by molar-refractivity contribution is 7.88. The van der Waals surface area contributed by atoms with Gasteiger partial charge in [-0.3, -0.25) is 0 Å². The molecule has 0 aromatic rings. The van der Waals surface area contributed by atoms with Crippen molar-refractivity contribution in [2.24, 2.45) is 5.41 Å².